The Kier molecular flexibility index (Phi) is 2.64. The zero-order valence-corrected chi connectivity index (χ0v) is 4.16. The smallest absolute Gasteiger partial charge is 0.335 e. The molecule has 4 heteroatoms. The Morgan fingerprint density at radius 2 is 2.25 bits per heavy atom. The molecule has 0 aromatic rings. The van der Waals surface area contributed by atoms with E-state index in [0.29, 0.717) is 0 Å². The van der Waals surface area contributed by atoms with E-state index < -0.39 is 12.6 Å². The summed E-state index contributed by atoms with van der Waals surface area (Å²) in [6, 6.07) is 0. The number of rotatable bonds is 2. The molecule has 0 aliphatic heterocycles. The normalized spacial score (nSPS) is 11.4. The van der Waals surface area contributed by atoms with Gasteiger partial charge in [0.15, 0.2) is 0 Å². The molecule has 0 aromatic carbocycles. The van der Waals surface area contributed by atoms with Crippen LogP contribution in [-0.4, -0.2) is 22.8 Å². The Hall–Kier alpha value is -1.03. The summed E-state index contributed by atoms with van der Waals surface area (Å²) in [5, 5.41) is 16.2. The highest BCUT2D eigenvalue weighted by Gasteiger charge is 2.01. The number of hydrogen-bond acceptors (Lipinski definition) is 3. The Balaban J connectivity index is 3.92. The minimum atomic E-state index is -1.19. The Morgan fingerprint density at radius 3 is 2.25 bits per heavy atom. The second-order valence-electron chi connectivity index (χ2n) is 1.16. The number of aliphatic hydroxyl groups excluding tert-OH is 1. The van der Waals surface area contributed by atoms with E-state index in [9.17, 15) is 4.79 Å². The van der Waals surface area contributed by atoms with Crippen molar-refractivity contribution in [3.05, 3.63) is 11.8 Å². The van der Waals surface area contributed by atoms with E-state index in [1.165, 1.54) is 0 Å². The zero-order valence-electron chi connectivity index (χ0n) is 4.16. The van der Waals surface area contributed by atoms with Gasteiger partial charge in [-0.25, -0.2) is 4.79 Å². The molecular formula is C4H7NO3. The highest BCUT2D eigenvalue weighted by Crippen LogP contribution is 1.86. The van der Waals surface area contributed by atoms with E-state index in [4.69, 9.17) is 15.9 Å². The molecule has 0 saturated heterocycles. The van der Waals surface area contributed by atoms with Crippen LogP contribution in [0.4, 0.5) is 0 Å². The molecule has 0 unspecified atom stereocenters. The predicted octanol–water partition coefficient (Wildman–Crippen LogP) is -1.09. The Morgan fingerprint density at radius 1 is 1.75 bits per heavy atom. The third-order valence-corrected chi connectivity index (χ3v) is 0.646. The molecule has 0 fully saturated rings. The molecular weight excluding hydrogens is 110 g/mol. The third kappa shape index (κ3) is 1.61. The molecule has 4 N–H and O–H groups in total. The number of carboxylic acids is 1. The van der Waals surface area contributed by atoms with Gasteiger partial charge in [0.25, 0.3) is 0 Å². The highest BCUT2D eigenvalue weighted by atomic mass is 16.4. The number of aliphatic carboxylic acids is 1. The lowest BCUT2D eigenvalue weighted by Crippen LogP contribution is -2.06. The van der Waals surface area contributed by atoms with E-state index in [0.717, 1.165) is 6.20 Å². The van der Waals surface area contributed by atoms with Crippen molar-refractivity contribution in [2.24, 2.45) is 5.73 Å². The standard InChI is InChI=1S/C4H7NO3/c5-1-3(2-6)4(7)8/h1,6H,2,5H2,(H,7,8)/b3-1+. The van der Waals surface area contributed by atoms with Crippen LogP contribution in [0.5, 0.6) is 0 Å². The zero-order chi connectivity index (χ0) is 6.57. The van der Waals surface area contributed by atoms with Crippen molar-refractivity contribution in [1.29, 1.82) is 0 Å². The minimum absolute atomic E-state index is 0.190. The monoisotopic (exact) mass is 117 g/mol. The first-order chi connectivity index (χ1) is 3.72. The average molecular weight is 117 g/mol. The fourth-order valence-corrected chi connectivity index (χ4v) is 0.192. The van der Waals surface area contributed by atoms with E-state index >= 15 is 0 Å². The van der Waals surface area contributed by atoms with Crippen LogP contribution in [0.1, 0.15) is 0 Å². The predicted molar refractivity (Wildman–Crippen MR) is 27.0 cm³/mol. The summed E-state index contributed by atoms with van der Waals surface area (Å²) in [6.45, 7) is -0.522. The highest BCUT2D eigenvalue weighted by molar-refractivity contribution is 5.86. The fraction of sp³-hybridized carbons (Fsp3) is 0.250. The van der Waals surface area contributed by atoms with Gasteiger partial charge in [-0.1, -0.05) is 0 Å². The van der Waals surface area contributed by atoms with Crippen LogP contribution in [0.3, 0.4) is 0 Å². The van der Waals surface area contributed by atoms with Crippen LogP contribution in [0, 0.1) is 0 Å². The molecule has 0 saturated carbocycles. The van der Waals surface area contributed by atoms with E-state index in [1.807, 2.05) is 0 Å². The number of aliphatic hydroxyl groups is 1. The molecule has 0 heterocycles. The second-order valence-corrected chi connectivity index (χ2v) is 1.16. The van der Waals surface area contributed by atoms with Gasteiger partial charge in [-0.15, -0.1) is 0 Å². The molecule has 0 aliphatic rings. The molecule has 0 atom stereocenters. The molecule has 0 amide bonds. The third-order valence-electron chi connectivity index (χ3n) is 0.646. The first kappa shape index (κ1) is 6.97. The van der Waals surface area contributed by atoms with Gasteiger partial charge in [0.2, 0.25) is 0 Å². The molecule has 0 radical (unpaired) electrons. The quantitative estimate of drug-likeness (QED) is 0.401. The Labute approximate surface area is 46.2 Å². The van der Waals surface area contributed by atoms with Gasteiger partial charge < -0.3 is 15.9 Å². The van der Waals surface area contributed by atoms with Crippen molar-refractivity contribution in [3.8, 4) is 0 Å². The molecule has 46 valence electrons. The number of carbonyl (C=O) groups is 1. The lowest BCUT2D eigenvalue weighted by atomic mass is 10.3. The van der Waals surface area contributed by atoms with Gasteiger partial charge in [-0.05, 0) is 0 Å². The molecule has 4 nitrogen and oxygen atoms in total. The summed E-state index contributed by atoms with van der Waals surface area (Å²) in [7, 11) is 0. The lowest BCUT2D eigenvalue weighted by molar-refractivity contribution is -0.133. The van der Waals surface area contributed by atoms with Gasteiger partial charge in [-0.3, -0.25) is 0 Å². The molecule has 0 bridgehead atoms. The van der Waals surface area contributed by atoms with Gasteiger partial charge in [-0.2, -0.15) is 0 Å². The SMILES string of the molecule is N/C=C(\CO)C(=O)O. The Bertz CT molecular complexity index is 118. The van der Waals surface area contributed by atoms with Crippen molar-refractivity contribution >= 4 is 5.97 Å². The molecule has 8 heavy (non-hydrogen) atoms. The summed E-state index contributed by atoms with van der Waals surface area (Å²) in [6.07, 6.45) is 0.863. The first-order valence-electron chi connectivity index (χ1n) is 1.97. The molecule has 0 spiro atoms. The van der Waals surface area contributed by atoms with E-state index in [2.05, 4.69) is 0 Å². The van der Waals surface area contributed by atoms with Crippen LogP contribution >= 0.6 is 0 Å². The number of carboxylic acid groups (broad SMARTS) is 1. The van der Waals surface area contributed by atoms with Crippen molar-refractivity contribution in [3.63, 3.8) is 0 Å². The van der Waals surface area contributed by atoms with Crippen molar-refractivity contribution < 1.29 is 15.0 Å². The summed E-state index contributed by atoms with van der Waals surface area (Å²) in [4.78, 5) is 9.85. The van der Waals surface area contributed by atoms with Crippen molar-refractivity contribution in [2.45, 2.75) is 0 Å². The summed E-state index contributed by atoms with van der Waals surface area (Å²) in [5.74, 6) is -1.19. The molecule has 0 aliphatic carbocycles. The van der Waals surface area contributed by atoms with Gasteiger partial charge in [0.05, 0.1) is 12.2 Å². The number of hydrogen-bond donors (Lipinski definition) is 3. The minimum Gasteiger partial charge on any atom is -0.478 e. The van der Waals surface area contributed by atoms with Crippen LogP contribution in [0.25, 0.3) is 0 Å². The van der Waals surface area contributed by atoms with Gasteiger partial charge in [0, 0.05) is 6.20 Å². The molecule has 0 aromatic heterocycles. The largest absolute Gasteiger partial charge is 0.478 e. The number of nitrogens with two attached hydrogens (primary N) is 1. The van der Waals surface area contributed by atoms with E-state index in [-0.39, 0.29) is 5.57 Å². The van der Waals surface area contributed by atoms with E-state index in [1.54, 1.807) is 0 Å². The van der Waals surface area contributed by atoms with Crippen molar-refractivity contribution in [1.82, 2.24) is 0 Å². The maximum Gasteiger partial charge on any atom is 0.335 e. The average Bonchev–Trinajstić information content (AvgIpc) is 1.69. The molecule has 0 rings (SSSR count). The van der Waals surface area contributed by atoms with Gasteiger partial charge in [0.1, 0.15) is 0 Å². The second kappa shape index (κ2) is 3.04. The first-order valence-corrected chi connectivity index (χ1v) is 1.97. The maximum atomic E-state index is 9.85. The maximum absolute atomic E-state index is 9.85. The van der Waals surface area contributed by atoms with Crippen LogP contribution in [0.2, 0.25) is 0 Å². The van der Waals surface area contributed by atoms with Crippen molar-refractivity contribution in [2.75, 3.05) is 6.61 Å². The lowest BCUT2D eigenvalue weighted by Gasteiger charge is -1.90. The van der Waals surface area contributed by atoms with Crippen LogP contribution in [0.15, 0.2) is 11.8 Å². The summed E-state index contributed by atoms with van der Waals surface area (Å²) in [5.41, 5.74) is 4.59. The fourth-order valence-electron chi connectivity index (χ4n) is 0.192. The summed E-state index contributed by atoms with van der Waals surface area (Å²) >= 11 is 0. The van der Waals surface area contributed by atoms with Gasteiger partial charge >= 0.3 is 5.97 Å². The van der Waals surface area contributed by atoms with Crippen LogP contribution < -0.4 is 5.73 Å². The van der Waals surface area contributed by atoms with Crippen LogP contribution in [-0.2, 0) is 4.79 Å². The topological polar surface area (TPSA) is 83.5 Å². The summed E-state index contributed by atoms with van der Waals surface area (Å²) < 4.78 is 0.